The van der Waals surface area contributed by atoms with Crippen molar-refractivity contribution < 1.29 is 0 Å². The van der Waals surface area contributed by atoms with E-state index in [2.05, 4.69) is 54.7 Å². The first-order chi connectivity index (χ1) is 8.77. The minimum absolute atomic E-state index is 0.383. The van der Waals surface area contributed by atoms with Gasteiger partial charge in [0.2, 0.25) is 0 Å². The molecule has 92 valence electrons. The molecule has 3 rings (SSSR count). The van der Waals surface area contributed by atoms with Gasteiger partial charge in [0.15, 0.2) is 0 Å². The van der Waals surface area contributed by atoms with Crippen LogP contribution in [0.1, 0.15) is 29.5 Å². The Labute approximate surface area is 113 Å². The van der Waals surface area contributed by atoms with Crippen molar-refractivity contribution in [2.45, 2.75) is 25.4 Å². The van der Waals surface area contributed by atoms with Gasteiger partial charge in [-0.05, 0) is 29.7 Å². The Hall–Kier alpha value is -1.31. The van der Waals surface area contributed by atoms with Gasteiger partial charge in [-0.2, -0.15) is 0 Å². The van der Waals surface area contributed by atoms with E-state index in [0.29, 0.717) is 12.0 Å². The normalized spacial score (nSPS) is 22.6. The maximum absolute atomic E-state index is 6.30. The predicted molar refractivity (Wildman–Crippen MR) is 76.0 cm³/mol. The summed E-state index contributed by atoms with van der Waals surface area (Å²) in [5, 5.41) is 4.41. The number of fused-ring (bicyclic) bond motifs is 1. The average molecular weight is 258 g/mol. The summed E-state index contributed by atoms with van der Waals surface area (Å²) in [6.45, 7) is 3.10. The summed E-state index contributed by atoms with van der Waals surface area (Å²) in [7, 11) is 0. The highest BCUT2D eigenvalue weighted by Crippen LogP contribution is 2.36. The molecule has 0 amide bonds. The Morgan fingerprint density at radius 1 is 1.06 bits per heavy atom. The SMILES string of the molecule is CC1NCc2c(Cl)cccc2C1c1ccccc1. The van der Waals surface area contributed by atoms with Crippen LogP contribution in [0.4, 0.5) is 0 Å². The average Bonchev–Trinajstić information content (AvgIpc) is 2.40. The number of rotatable bonds is 1. The summed E-state index contributed by atoms with van der Waals surface area (Å²) in [5.41, 5.74) is 3.95. The summed E-state index contributed by atoms with van der Waals surface area (Å²) in [4.78, 5) is 0. The smallest absolute Gasteiger partial charge is 0.0453 e. The van der Waals surface area contributed by atoms with Gasteiger partial charge < -0.3 is 5.32 Å². The van der Waals surface area contributed by atoms with Crippen LogP contribution in [0.15, 0.2) is 48.5 Å². The van der Waals surface area contributed by atoms with Crippen molar-refractivity contribution in [1.29, 1.82) is 0 Å². The lowest BCUT2D eigenvalue weighted by Gasteiger charge is -2.33. The number of hydrogen-bond acceptors (Lipinski definition) is 1. The topological polar surface area (TPSA) is 12.0 Å². The molecule has 0 aromatic heterocycles. The minimum atomic E-state index is 0.383. The van der Waals surface area contributed by atoms with E-state index in [1.165, 1.54) is 16.7 Å². The van der Waals surface area contributed by atoms with Crippen LogP contribution in [0.25, 0.3) is 0 Å². The molecule has 2 atom stereocenters. The minimum Gasteiger partial charge on any atom is -0.309 e. The number of halogens is 1. The van der Waals surface area contributed by atoms with E-state index in [-0.39, 0.29) is 0 Å². The molecule has 18 heavy (non-hydrogen) atoms. The molecule has 1 aliphatic rings. The quantitative estimate of drug-likeness (QED) is 0.815. The van der Waals surface area contributed by atoms with Gasteiger partial charge >= 0.3 is 0 Å². The van der Waals surface area contributed by atoms with Crippen molar-refractivity contribution in [1.82, 2.24) is 5.32 Å². The fourth-order valence-corrected chi connectivity index (χ4v) is 3.08. The molecule has 0 radical (unpaired) electrons. The molecular formula is C16H16ClN. The molecule has 0 bridgehead atoms. The predicted octanol–water partition coefficient (Wildman–Crippen LogP) is 3.96. The molecule has 2 heteroatoms. The zero-order valence-corrected chi connectivity index (χ0v) is 11.1. The molecule has 2 unspecified atom stereocenters. The molecule has 0 spiro atoms. The Morgan fingerprint density at radius 2 is 1.83 bits per heavy atom. The van der Waals surface area contributed by atoms with Crippen LogP contribution in [-0.4, -0.2) is 6.04 Å². The summed E-state index contributed by atoms with van der Waals surface area (Å²) in [6, 6.07) is 17.3. The lowest BCUT2D eigenvalue weighted by Crippen LogP contribution is -2.37. The first-order valence-electron chi connectivity index (χ1n) is 6.33. The van der Waals surface area contributed by atoms with Crippen molar-refractivity contribution >= 4 is 11.6 Å². The highest BCUT2D eigenvalue weighted by molar-refractivity contribution is 6.31. The Kier molecular flexibility index (Phi) is 3.11. The fraction of sp³-hybridized carbons (Fsp3) is 0.250. The Balaban J connectivity index is 2.13. The third kappa shape index (κ3) is 1.94. The third-order valence-electron chi connectivity index (χ3n) is 3.75. The van der Waals surface area contributed by atoms with Gasteiger partial charge in [-0.1, -0.05) is 54.1 Å². The van der Waals surface area contributed by atoms with Crippen molar-refractivity contribution in [3.8, 4) is 0 Å². The highest BCUT2D eigenvalue weighted by Gasteiger charge is 2.28. The standard InChI is InChI=1S/C16H16ClN/c1-11-16(12-6-3-2-4-7-12)13-8-5-9-15(17)14(13)10-18-11/h2-9,11,16,18H,10H2,1H3. The van der Waals surface area contributed by atoms with Crippen molar-refractivity contribution in [2.24, 2.45) is 0 Å². The van der Waals surface area contributed by atoms with Crippen LogP contribution in [0.2, 0.25) is 5.02 Å². The molecule has 0 saturated carbocycles. The molecular weight excluding hydrogens is 242 g/mol. The zero-order chi connectivity index (χ0) is 12.5. The van der Waals surface area contributed by atoms with Crippen LogP contribution in [0.3, 0.4) is 0 Å². The molecule has 1 nitrogen and oxygen atoms in total. The largest absolute Gasteiger partial charge is 0.309 e. The van der Waals surface area contributed by atoms with Gasteiger partial charge in [-0.25, -0.2) is 0 Å². The Bertz CT molecular complexity index is 550. The Morgan fingerprint density at radius 3 is 2.61 bits per heavy atom. The molecule has 1 N–H and O–H groups in total. The molecule has 1 aliphatic heterocycles. The summed E-state index contributed by atoms with van der Waals surface area (Å²) in [5.74, 6) is 0.383. The second-order valence-electron chi connectivity index (χ2n) is 4.87. The maximum Gasteiger partial charge on any atom is 0.0453 e. The molecule has 0 aliphatic carbocycles. The van der Waals surface area contributed by atoms with Crippen molar-refractivity contribution in [3.05, 3.63) is 70.2 Å². The first kappa shape index (κ1) is 11.8. The van der Waals surface area contributed by atoms with Gasteiger partial charge in [0.05, 0.1) is 0 Å². The maximum atomic E-state index is 6.30. The molecule has 0 saturated heterocycles. The summed E-state index contributed by atoms with van der Waals surface area (Å²) >= 11 is 6.30. The number of hydrogen-bond donors (Lipinski definition) is 1. The second-order valence-corrected chi connectivity index (χ2v) is 5.27. The molecule has 2 aromatic carbocycles. The van der Waals surface area contributed by atoms with E-state index < -0.39 is 0 Å². The number of nitrogens with one attached hydrogen (secondary N) is 1. The van der Waals surface area contributed by atoms with Crippen molar-refractivity contribution in [3.63, 3.8) is 0 Å². The molecule has 1 heterocycles. The van der Waals surface area contributed by atoms with Gasteiger partial charge in [-0.3, -0.25) is 0 Å². The van der Waals surface area contributed by atoms with Crippen molar-refractivity contribution in [2.75, 3.05) is 0 Å². The van der Waals surface area contributed by atoms with E-state index in [1.54, 1.807) is 0 Å². The van der Waals surface area contributed by atoms with E-state index in [4.69, 9.17) is 11.6 Å². The lowest BCUT2D eigenvalue weighted by molar-refractivity contribution is 0.467. The van der Waals surface area contributed by atoms with E-state index >= 15 is 0 Å². The van der Waals surface area contributed by atoms with Crippen LogP contribution in [0.5, 0.6) is 0 Å². The fourth-order valence-electron chi connectivity index (χ4n) is 2.83. The zero-order valence-electron chi connectivity index (χ0n) is 10.4. The summed E-state index contributed by atoms with van der Waals surface area (Å²) < 4.78 is 0. The van der Waals surface area contributed by atoms with Crippen LogP contribution in [-0.2, 0) is 6.54 Å². The van der Waals surface area contributed by atoms with E-state index in [1.807, 2.05) is 6.07 Å². The van der Waals surface area contributed by atoms with E-state index in [9.17, 15) is 0 Å². The van der Waals surface area contributed by atoms with Crippen LogP contribution >= 0.6 is 11.6 Å². The lowest BCUT2D eigenvalue weighted by atomic mass is 9.81. The molecule has 2 aromatic rings. The third-order valence-corrected chi connectivity index (χ3v) is 4.10. The van der Waals surface area contributed by atoms with Gasteiger partial charge in [0.1, 0.15) is 0 Å². The summed E-state index contributed by atoms with van der Waals surface area (Å²) in [6.07, 6.45) is 0. The molecule has 0 fully saturated rings. The van der Waals surface area contributed by atoms with Gasteiger partial charge in [-0.15, -0.1) is 0 Å². The second kappa shape index (κ2) is 4.75. The van der Waals surface area contributed by atoms with Crippen LogP contribution < -0.4 is 5.32 Å². The first-order valence-corrected chi connectivity index (χ1v) is 6.71. The van der Waals surface area contributed by atoms with Gasteiger partial charge in [0.25, 0.3) is 0 Å². The van der Waals surface area contributed by atoms with Crippen LogP contribution in [0, 0.1) is 0 Å². The number of benzene rings is 2. The van der Waals surface area contributed by atoms with Gasteiger partial charge in [0, 0.05) is 23.5 Å². The van der Waals surface area contributed by atoms with E-state index in [0.717, 1.165) is 11.6 Å². The monoisotopic (exact) mass is 257 g/mol. The highest BCUT2D eigenvalue weighted by atomic mass is 35.5.